The summed E-state index contributed by atoms with van der Waals surface area (Å²) < 4.78 is 7.17. The molecule has 0 saturated heterocycles. The van der Waals surface area contributed by atoms with E-state index in [-0.39, 0.29) is 56.2 Å². The van der Waals surface area contributed by atoms with Crippen LogP contribution in [0.3, 0.4) is 0 Å². The number of rotatable bonds is 0. The summed E-state index contributed by atoms with van der Waals surface area (Å²) in [6, 6.07) is 0. The van der Waals surface area contributed by atoms with E-state index in [0.29, 0.717) is 0 Å². The molecule has 9 N–H and O–H groups in total. The Labute approximate surface area is 79.3 Å². The van der Waals surface area contributed by atoms with E-state index in [4.69, 9.17) is 17.1 Å². The van der Waals surface area contributed by atoms with E-state index in [2.05, 4.69) is 0 Å². The minimum atomic E-state index is -2.33. The first-order valence-corrected chi connectivity index (χ1v) is 2.49. The van der Waals surface area contributed by atoms with Crippen molar-refractivity contribution < 1.29 is 73.3 Å². The zero-order valence-corrected chi connectivity index (χ0v) is 8.38. The quantitative estimate of drug-likeness (QED) is 0.460. The summed E-state index contributed by atoms with van der Waals surface area (Å²) in [5, 5.41) is 16.7. The zero-order chi connectivity index (χ0) is 5.58. The van der Waals surface area contributed by atoms with Crippen LogP contribution < -0.4 is 10.2 Å². The summed E-state index contributed by atoms with van der Waals surface area (Å²) in [6.07, 6.45) is -2.33. The van der Waals surface area contributed by atoms with Gasteiger partial charge in [-0.25, -0.2) is 0 Å². The van der Waals surface area contributed by atoms with Crippen LogP contribution in [0.4, 0.5) is 4.79 Å². The first kappa shape index (κ1) is 48.4. The van der Waals surface area contributed by atoms with Crippen molar-refractivity contribution in [2.75, 3.05) is 0 Å². The van der Waals surface area contributed by atoms with Gasteiger partial charge < -0.3 is 36.9 Å². The maximum atomic E-state index is 8.33. The van der Waals surface area contributed by atoms with Crippen LogP contribution in [0.25, 0.3) is 0 Å². The van der Waals surface area contributed by atoms with Crippen LogP contribution >= 0.6 is 0 Å². The molecule has 9 heteroatoms. The molecule has 0 bridgehead atoms. The van der Waals surface area contributed by atoms with Crippen molar-refractivity contribution in [1.82, 2.24) is 0 Å². The van der Waals surface area contributed by atoms with E-state index < -0.39 is 6.16 Å². The van der Waals surface area contributed by atoms with E-state index in [1.807, 2.05) is 0 Å². The molecule has 0 aliphatic carbocycles. The third-order valence-corrected chi connectivity index (χ3v) is 0. The zero-order valence-electron chi connectivity index (χ0n) is 4.75. The Morgan fingerprint density at radius 2 is 1.00 bits per heavy atom. The van der Waals surface area contributed by atoms with Crippen LogP contribution in [-0.2, 0) is 0 Å². The van der Waals surface area contributed by atoms with Gasteiger partial charge in [0.1, 0.15) is 0 Å². The predicted octanol–water partition coefficient (Wildman–Crippen LogP) is -6.30. The average Bonchev–Trinajstić information content (AvgIpc) is 1.41. The van der Waals surface area contributed by atoms with Gasteiger partial charge in [0.05, 0.1) is 0 Å². The topological polar surface area (TPSA) is 209 Å². The third kappa shape index (κ3) is 6220. The van der Waals surface area contributed by atoms with Crippen molar-refractivity contribution in [3.05, 3.63) is 0 Å². The van der Waals surface area contributed by atoms with Crippen molar-refractivity contribution in [3.8, 4) is 0 Å². The summed E-state index contributed by atoms with van der Waals surface area (Å²) in [5.41, 5.74) is 0. The van der Waals surface area contributed by atoms with Gasteiger partial charge in [-0.2, -0.15) is 0 Å². The van der Waals surface area contributed by atoms with Crippen LogP contribution in [0.2, 0.25) is 0 Å². The Morgan fingerprint density at radius 1 is 1.00 bits per heavy atom. The molecule has 64 valence electrons. The Balaban J connectivity index is -0.00000000625. The molecule has 0 spiro atoms. The molecule has 0 fully saturated rings. The second kappa shape index (κ2) is 59.4. The fraction of sp³-hybridized carbons (Fsp3) is 0. The minimum absolute atomic E-state index is 0. The molecule has 0 aromatic carbocycles. The van der Waals surface area contributed by atoms with E-state index in [0.717, 1.165) is 0 Å². The summed E-state index contributed by atoms with van der Waals surface area (Å²) in [4.78, 5) is 8.33. The van der Waals surface area contributed by atoms with E-state index in [1.165, 1.54) is 0 Å². The Hall–Kier alpha value is 0.265. The standard InChI is InChI=1S/CH2O3.La.5H2O/c2-1(3)4;;;;;;/h(H2,2,3,4);;5*1H2/q;+3;;;;;/p-3. The Morgan fingerprint density at radius 3 is 1.00 bits per heavy atom. The summed E-state index contributed by atoms with van der Waals surface area (Å²) in [6.45, 7) is 0. The molecule has 0 unspecified atom stereocenters. The Kier molecular flexibility index (Phi) is 288. The van der Waals surface area contributed by atoms with Gasteiger partial charge in [0.25, 0.3) is 0 Å². The van der Waals surface area contributed by atoms with E-state index in [1.54, 1.807) is 0 Å². The van der Waals surface area contributed by atoms with E-state index in [9.17, 15) is 0 Å². The molecule has 0 radical (unpaired) electrons. The fourth-order valence-corrected chi connectivity index (χ4v) is 0. The van der Waals surface area contributed by atoms with Crippen molar-refractivity contribution >= 4 is 6.16 Å². The molecule has 0 amide bonds. The predicted molar refractivity (Wildman–Crippen MR) is 22.1 cm³/mol. The summed E-state index contributed by atoms with van der Waals surface area (Å²) >= 11 is 0.167. The molecule has 0 aliphatic heterocycles. The molecule has 0 atom stereocenters. The van der Waals surface area contributed by atoms with Crippen molar-refractivity contribution in [2.24, 2.45) is 0 Å². The second-order valence-corrected chi connectivity index (χ2v) is 0.250. The number of carbonyl (C=O) groups excluding carboxylic acids is 1. The van der Waals surface area contributed by atoms with Gasteiger partial charge in [-0.3, -0.25) is 0 Å². The van der Waals surface area contributed by atoms with Crippen molar-refractivity contribution in [2.45, 2.75) is 0 Å². The normalized spacial score (nSPS) is 3.10. The molecule has 0 aliphatic rings. The third-order valence-electron chi connectivity index (χ3n) is 0. The number of carbonyl (C=O) groups is 1. The van der Waals surface area contributed by atoms with Gasteiger partial charge in [0, 0.05) is 0 Å². The molecule has 0 saturated carbocycles. The Bertz CT molecular complexity index is 32.2. The van der Waals surface area contributed by atoms with Crippen molar-refractivity contribution in [1.29, 1.82) is 0 Å². The first-order valence-electron chi connectivity index (χ1n) is 0.871. The van der Waals surface area contributed by atoms with E-state index >= 15 is 0 Å². The fourth-order valence-electron chi connectivity index (χ4n) is 0. The second-order valence-electron chi connectivity index (χ2n) is 0.250. The average molecular weight is 288 g/mol. The van der Waals surface area contributed by atoms with Crippen LogP contribution in [0.15, 0.2) is 0 Å². The number of carboxylic acid groups (broad SMARTS) is 2. The van der Waals surface area contributed by atoms with Crippen LogP contribution in [-0.4, -0.2) is 30.1 Å². The monoisotopic (exact) mass is 288 g/mol. The molecule has 10 heavy (non-hydrogen) atoms. The molecule has 0 rings (SSSR count). The molecule has 0 heterocycles. The summed E-state index contributed by atoms with van der Waals surface area (Å²) in [5.74, 6) is 0. The first-order chi connectivity index (χ1) is 2.73. The van der Waals surface area contributed by atoms with Gasteiger partial charge >= 0.3 is 36.3 Å². The van der Waals surface area contributed by atoms with Crippen LogP contribution in [0.1, 0.15) is 0 Å². The number of hydrogen-bond donors (Lipinski definition) is 1. The summed E-state index contributed by atoms with van der Waals surface area (Å²) in [7, 11) is 0. The van der Waals surface area contributed by atoms with Crippen molar-refractivity contribution in [3.63, 3.8) is 0 Å². The van der Waals surface area contributed by atoms with Gasteiger partial charge in [0.15, 0.2) is 0 Å². The van der Waals surface area contributed by atoms with Gasteiger partial charge in [-0.1, -0.05) is 0 Å². The maximum absolute atomic E-state index is 8.33. The number of hydrogen-bond acceptors (Lipinski definition) is 4. The van der Waals surface area contributed by atoms with Gasteiger partial charge in [-0.15, -0.1) is 0 Å². The molecule has 8 nitrogen and oxygen atoms in total. The van der Waals surface area contributed by atoms with Gasteiger partial charge in [-0.05, 0) is 6.16 Å². The molecule has 0 aromatic heterocycles. The van der Waals surface area contributed by atoms with Crippen LogP contribution in [0, 0.1) is 34.3 Å². The van der Waals surface area contributed by atoms with Crippen LogP contribution in [0.5, 0.6) is 0 Å². The molecular weight excluding hydrogens is 279 g/mol. The molecular formula is CH9LaO8. The molecule has 0 aromatic rings. The van der Waals surface area contributed by atoms with Gasteiger partial charge in [0.2, 0.25) is 0 Å². The SMILES string of the molecule is O.O.O.O.O=C([O-])[O-].[OH][La+2].